The average Bonchev–Trinajstić information content (AvgIpc) is 1.95. The number of hydrogen-bond acceptors (Lipinski definition) is 1. The topological polar surface area (TPSA) is 26.0 Å². The Balaban J connectivity index is 2.35. The Hall–Kier alpha value is -0.890. The molecule has 0 spiro atoms. The van der Waals surface area contributed by atoms with Crippen molar-refractivity contribution in [2.24, 2.45) is 5.73 Å². The van der Waals surface area contributed by atoms with E-state index in [0.29, 0.717) is 12.5 Å². The maximum absolute atomic E-state index is 12.6. The van der Waals surface area contributed by atoms with Crippen LogP contribution in [0.15, 0.2) is 18.2 Å². The summed E-state index contributed by atoms with van der Waals surface area (Å²) in [6, 6.07) is 4.94. The van der Waals surface area contributed by atoms with Crippen LogP contribution in [-0.4, -0.2) is 6.54 Å². The van der Waals surface area contributed by atoms with Gasteiger partial charge >= 0.3 is 0 Å². The Labute approximate surface area is 65.0 Å². The van der Waals surface area contributed by atoms with Gasteiger partial charge in [-0.15, -0.1) is 0 Å². The molecule has 0 radical (unpaired) electrons. The van der Waals surface area contributed by atoms with Crippen molar-refractivity contribution >= 4 is 0 Å². The number of fused-ring (bicyclic) bond motifs is 1. The lowest BCUT2D eigenvalue weighted by Gasteiger charge is -2.28. The quantitative estimate of drug-likeness (QED) is 0.645. The SMILES string of the molecule is NCC1Cc2cc(F)ccc21. The lowest BCUT2D eigenvalue weighted by molar-refractivity contribution is 0.586. The molecule has 1 aromatic rings. The van der Waals surface area contributed by atoms with Gasteiger partial charge in [0.2, 0.25) is 0 Å². The summed E-state index contributed by atoms with van der Waals surface area (Å²) in [6.45, 7) is 0.679. The summed E-state index contributed by atoms with van der Waals surface area (Å²) in [5.74, 6) is 0.338. The second kappa shape index (κ2) is 2.31. The lowest BCUT2D eigenvalue weighted by Crippen LogP contribution is -2.24. The third kappa shape index (κ3) is 0.942. The van der Waals surface area contributed by atoms with Crippen LogP contribution in [0.25, 0.3) is 0 Å². The molecule has 0 fully saturated rings. The van der Waals surface area contributed by atoms with Crippen molar-refractivity contribution in [1.29, 1.82) is 0 Å². The van der Waals surface area contributed by atoms with Crippen LogP contribution in [0.2, 0.25) is 0 Å². The highest BCUT2D eigenvalue weighted by atomic mass is 19.1. The summed E-state index contributed by atoms with van der Waals surface area (Å²) in [6.07, 6.45) is 0.948. The molecule has 11 heavy (non-hydrogen) atoms. The Kier molecular flexibility index (Phi) is 1.43. The first-order chi connectivity index (χ1) is 5.31. The highest BCUT2D eigenvalue weighted by Crippen LogP contribution is 2.34. The zero-order valence-corrected chi connectivity index (χ0v) is 6.18. The number of rotatable bonds is 1. The molecule has 0 aromatic heterocycles. The fourth-order valence-corrected chi connectivity index (χ4v) is 1.60. The standard InChI is InChI=1S/C9H10FN/c10-8-1-2-9-6(4-8)3-7(9)5-11/h1-2,4,7H,3,5,11H2. The zero-order valence-electron chi connectivity index (χ0n) is 6.18. The van der Waals surface area contributed by atoms with Crippen LogP contribution in [0, 0.1) is 5.82 Å². The lowest BCUT2D eigenvalue weighted by atomic mass is 9.78. The molecule has 0 aliphatic heterocycles. The van der Waals surface area contributed by atoms with Crippen molar-refractivity contribution in [3.05, 3.63) is 35.1 Å². The van der Waals surface area contributed by atoms with Crippen molar-refractivity contribution in [1.82, 2.24) is 0 Å². The van der Waals surface area contributed by atoms with Gasteiger partial charge in [0.15, 0.2) is 0 Å². The number of halogens is 1. The smallest absolute Gasteiger partial charge is 0.123 e. The third-order valence-electron chi connectivity index (χ3n) is 2.30. The number of nitrogens with two attached hydrogens (primary N) is 1. The molecule has 0 amide bonds. The Bertz CT molecular complexity index is 283. The van der Waals surface area contributed by atoms with E-state index < -0.39 is 0 Å². The van der Waals surface area contributed by atoms with Gasteiger partial charge in [-0.05, 0) is 36.2 Å². The Morgan fingerprint density at radius 3 is 3.00 bits per heavy atom. The number of benzene rings is 1. The molecule has 2 rings (SSSR count). The van der Waals surface area contributed by atoms with E-state index in [1.807, 2.05) is 6.07 Å². The minimum atomic E-state index is -0.140. The summed E-state index contributed by atoms with van der Waals surface area (Å²) < 4.78 is 12.6. The van der Waals surface area contributed by atoms with Crippen molar-refractivity contribution in [3.63, 3.8) is 0 Å². The van der Waals surface area contributed by atoms with Crippen molar-refractivity contribution in [2.45, 2.75) is 12.3 Å². The zero-order chi connectivity index (χ0) is 7.84. The number of hydrogen-bond donors (Lipinski definition) is 1. The normalized spacial score (nSPS) is 20.7. The van der Waals surface area contributed by atoms with Crippen LogP contribution in [0.5, 0.6) is 0 Å². The van der Waals surface area contributed by atoms with Crippen molar-refractivity contribution < 1.29 is 4.39 Å². The van der Waals surface area contributed by atoms with E-state index >= 15 is 0 Å². The minimum absolute atomic E-state index is 0.140. The second-order valence-electron chi connectivity index (χ2n) is 2.98. The molecule has 0 saturated carbocycles. The second-order valence-corrected chi connectivity index (χ2v) is 2.98. The van der Waals surface area contributed by atoms with Gasteiger partial charge < -0.3 is 5.73 Å². The van der Waals surface area contributed by atoms with Gasteiger partial charge in [-0.3, -0.25) is 0 Å². The van der Waals surface area contributed by atoms with Crippen LogP contribution in [0.3, 0.4) is 0 Å². The largest absolute Gasteiger partial charge is 0.330 e. The average molecular weight is 151 g/mol. The fourth-order valence-electron chi connectivity index (χ4n) is 1.60. The molecule has 1 unspecified atom stereocenters. The first kappa shape index (κ1) is 6.80. The summed E-state index contributed by atoms with van der Waals surface area (Å²) in [7, 11) is 0. The summed E-state index contributed by atoms with van der Waals surface area (Å²) in [4.78, 5) is 0. The van der Waals surface area contributed by atoms with Gasteiger partial charge in [-0.1, -0.05) is 6.07 Å². The first-order valence-electron chi connectivity index (χ1n) is 3.79. The molecule has 1 atom stereocenters. The summed E-state index contributed by atoms with van der Waals surface area (Å²) in [5, 5.41) is 0. The molecule has 1 aromatic carbocycles. The fraction of sp³-hybridized carbons (Fsp3) is 0.333. The molecule has 1 aliphatic carbocycles. The predicted molar refractivity (Wildman–Crippen MR) is 41.9 cm³/mol. The van der Waals surface area contributed by atoms with E-state index in [1.54, 1.807) is 6.07 Å². The van der Waals surface area contributed by atoms with Crippen molar-refractivity contribution in [2.75, 3.05) is 6.54 Å². The highest BCUT2D eigenvalue weighted by molar-refractivity contribution is 5.40. The molecular weight excluding hydrogens is 141 g/mol. The summed E-state index contributed by atoms with van der Waals surface area (Å²) >= 11 is 0. The van der Waals surface area contributed by atoms with Crippen LogP contribution in [0.4, 0.5) is 4.39 Å². The molecule has 0 heterocycles. The summed E-state index contributed by atoms with van der Waals surface area (Å²) in [5.41, 5.74) is 7.85. The van der Waals surface area contributed by atoms with E-state index in [1.165, 1.54) is 11.6 Å². The van der Waals surface area contributed by atoms with Gasteiger partial charge in [0.1, 0.15) is 5.82 Å². The molecule has 58 valence electrons. The van der Waals surface area contributed by atoms with Gasteiger partial charge in [-0.2, -0.15) is 0 Å². The van der Waals surface area contributed by atoms with E-state index in [-0.39, 0.29) is 5.82 Å². The maximum Gasteiger partial charge on any atom is 0.123 e. The van der Waals surface area contributed by atoms with Crippen LogP contribution in [0.1, 0.15) is 17.0 Å². The predicted octanol–water partition coefficient (Wildman–Crippen LogP) is 1.42. The van der Waals surface area contributed by atoms with Crippen LogP contribution < -0.4 is 5.73 Å². The molecule has 0 bridgehead atoms. The van der Waals surface area contributed by atoms with Gasteiger partial charge in [0.25, 0.3) is 0 Å². The van der Waals surface area contributed by atoms with E-state index in [4.69, 9.17) is 5.73 Å². The van der Waals surface area contributed by atoms with Crippen LogP contribution >= 0.6 is 0 Å². The van der Waals surface area contributed by atoms with E-state index in [0.717, 1.165) is 12.0 Å². The Morgan fingerprint density at radius 1 is 1.55 bits per heavy atom. The van der Waals surface area contributed by atoms with Crippen LogP contribution in [-0.2, 0) is 6.42 Å². The van der Waals surface area contributed by atoms with Gasteiger partial charge in [0, 0.05) is 5.92 Å². The minimum Gasteiger partial charge on any atom is -0.330 e. The molecule has 2 heteroatoms. The molecule has 1 nitrogen and oxygen atoms in total. The van der Waals surface area contributed by atoms with Gasteiger partial charge in [-0.25, -0.2) is 4.39 Å². The third-order valence-corrected chi connectivity index (χ3v) is 2.30. The molecule has 0 saturated heterocycles. The molecular formula is C9H10FN. The highest BCUT2D eigenvalue weighted by Gasteiger charge is 2.24. The molecule has 2 N–H and O–H groups in total. The van der Waals surface area contributed by atoms with E-state index in [9.17, 15) is 4.39 Å². The van der Waals surface area contributed by atoms with Gasteiger partial charge in [0.05, 0.1) is 0 Å². The van der Waals surface area contributed by atoms with E-state index in [2.05, 4.69) is 0 Å². The van der Waals surface area contributed by atoms with Crippen molar-refractivity contribution in [3.8, 4) is 0 Å². The molecule has 1 aliphatic rings. The maximum atomic E-state index is 12.6. The monoisotopic (exact) mass is 151 g/mol. The Morgan fingerprint density at radius 2 is 2.36 bits per heavy atom. The first-order valence-corrected chi connectivity index (χ1v) is 3.79.